The monoisotopic (exact) mass is 232 g/mol. The highest BCUT2D eigenvalue weighted by molar-refractivity contribution is 7.82. The minimum atomic E-state index is -1.20. The third-order valence-corrected chi connectivity index (χ3v) is 3.21. The summed E-state index contributed by atoms with van der Waals surface area (Å²) in [5.41, 5.74) is -0.673. The van der Waals surface area contributed by atoms with E-state index >= 15 is 0 Å². The van der Waals surface area contributed by atoms with Crippen molar-refractivity contribution < 1.29 is 13.8 Å². The molecule has 0 aromatic heterocycles. The van der Waals surface area contributed by atoms with Gasteiger partial charge in [-0.15, -0.1) is 0 Å². The molecule has 1 saturated heterocycles. The largest absolute Gasteiger partial charge is 0.329 e. The summed E-state index contributed by atoms with van der Waals surface area (Å²) in [6.07, 6.45) is 3.84. The molecule has 1 N–H and O–H groups in total. The van der Waals surface area contributed by atoms with Gasteiger partial charge in [-0.05, 0) is 19.8 Å². The van der Waals surface area contributed by atoms with Crippen LogP contribution in [0.15, 0.2) is 0 Å². The van der Waals surface area contributed by atoms with Crippen LogP contribution in [-0.4, -0.2) is 46.2 Å². The molecule has 86 valence electrons. The molecule has 2 atom stereocenters. The third-order valence-electron chi connectivity index (χ3n) is 2.66. The summed E-state index contributed by atoms with van der Waals surface area (Å²) in [6.45, 7) is 2.38. The van der Waals surface area contributed by atoms with Gasteiger partial charge in [0.1, 0.15) is 6.29 Å². The van der Waals surface area contributed by atoms with Crippen molar-refractivity contribution >= 4 is 23.2 Å². The van der Waals surface area contributed by atoms with E-state index in [4.69, 9.17) is 0 Å². The third kappa shape index (κ3) is 2.85. The first-order valence-electron chi connectivity index (χ1n) is 4.83. The molecule has 1 unspecified atom stereocenters. The minimum Gasteiger partial charge on any atom is -0.329 e. The zero-order valence-electron chi connectivity index (χ0n) is 8.99. The number of hydrogen-bond donors (Lipinski definition) is 1. The molecule has 1 aliphatic rings. The van der Waals surface area contributed by atoms with E-state index in [9.17, 15) is 13.8 Å². The number of carbonyl (C=O) groups is 2. The quantitative estimate of drug-likeness (QED) is 0.661. The smallest absolute Gasteiger partial charge is 0.238 e. The van der Waals surface area contributed by atoms with Crippen LogP contribution in [-0.2, 0) is 20.6 Å². The Labute approximate surface area is 91.8 Å². The molecule has 0 aromatic rings. The number of rotatable bonds is 4. The lowest BCUT2D eigenvalue weighted by molar-refractivity contribution is -0.137. The van der Waals surface area contributed by atoms with Crippen LogP contribution in [0.25, 0.3) is 0 Å². The van der Waals surface area contributed by atoms with Crippen LogP contribution in [0.5, 0.6) is 0 Å². The second-order valence-corrected chi connectivity index (χ2v) is 5.10. The van der Waals surface area contributed by atoms with Crippen molar-refractivity contribution in [2.24, 2.45) is 0 Å². The maximum absolute atomic E-state index is 11.7. The highest BCUT2D eigenvalue weighted by Crippen LogP contribution is 2.26. The first-order valence-corrected chi connectivity index (χ1v) is 6.39. The second kappa shape index (κ2) is 4.85. The fourth-order valence-electron chi connectivity index (χ4n) is 1.78. The van der Waals surface area contributed by atoms with Gasteiger partial charge >= 0.3 is 0 Å². The average Bonchev–Trinajstić information content (AvgIpc) is 2.57. The summed E-state index contributed by atoms with van der Waals surface area (Å²) in [5, 5.41) is 0. The van der Waals surface area contributed by atoms with Gasteiger partial charge in [0, 0.05) is 12.8 Å². The number of hydrogen-bond acceptors (Lipinski definition) is 3. The molecule has 1 rings (SSSR count). The molecule has 0 saturated carbocycles. The van der Waals surface area contributed by atoms with Gasteiger partial charge in [-0.2, -0.15) is 0 Å². The Morgan fingerprint density at radius 1 is 1.67 bits per heavy atom. The van der Waals surface area contributed by atoms with E-state index in [0.29, 0.717) is 13.0 Å². The molecule has 0 aliphatic carbocycles. The number of amides is 1. The minimum absolute atomic E-state index is 0.0204. The van der Waals surface area contributed by atoms with E-state index < -0.39 is 16.5 Å². The van der Waals surface area contributed by atoms with Gasteiger partial charge in [0.25, 0.3) is 0 Å². The highest BCUT2D eigenvalue weighted by Gasteiger charge is 2.38. The Hall–Kier alpha value is -0.750. The van der Waals surface area contributed by atoms with E-state index in [1.807, 2.05) is 0 Å². The van der Waals surface area contributed by atoms with Crippen LogP contribution < -0.4 is 4.72 Å². The Balaban J connectivity index is 2.59. The standard InChI is InChI=1S/C9H16N2O3S/c1-9(7-12)4-3-5-11(9)8(13)6-10-15(2)14/h7,10H,3-6H2,1-2H3/t9-,15?/m0/s1. The van der Waals surface area contributed by atoms with Gasteiger partial charge in [0.05, 0.1) is 23.1 Å². The van der Waals surface area contributed by atoms with Crippen molar-refractivity contribution in [3.05, 3.63) is 0 Å². The summed E-state index contributed by atoms with van der Waals surface area (Å²) >= 11 is 0. The maximum atomic E-state index is 11.7. The lowest BCUT2D eigenvalue weighted by atomic mass is 10.0. The van der Waals surface area contributed by atoms with Crippen molar-refractivity contribution in [1.82, 2.24) is 9.62 Å². The van der Waals surface area contributed by atoms with E-state index in [1.165, 1.54) is 6.26 Å². The summed E-state index contributed by atoms with van der Waals surface area (Å²) in [6, 6.07) is 0. The summed E-state index contributed by atoms with van der Waals surface area (Å²) in [7, 11) is -1.20. The molecular weight excluding hydrogens is 216 g/mol. The molecular formula is C9H16N2O3S. The van der Waals surface area contributed by atoms with Crippen LogP contribution >= 0.6 is 0 Å². The first-order chi connectivity index (χ1) is 6.99. The lowest BCUT2D eigenvalue weighted by Crippen LogP contribution is -2.49. The fourth-order valence-corrected chi connectivity index (χ4v) is 2.10. The fraction of sp³-hybridized carbons (Fsp3) is 0.778. The number of nitrogens with zero attached hydrogens (tertiary/aromatic N) is 1. The number of nitrogens with one attached hydrogen (secondary N) is 1. The van der Waals surface area contributed by atoms with Crippen molar-refractivity contribution in [2.75, 3.05) is 19.3 Å². The van der Waals surface area contributed by atoms with E-state index in [2.05, 4.69) is 4.72 Å². The Bertz CT molecular complexity index is 295. The Kier molecular flexibility index (Phi) is 3.98. The molecule has 1 fully saturated rings. The number of aldehydes is 1. The molecule has 1 heterocycles. The molecule has 0 radical (unpaired) electrons. The zero-order chi connectivity index (χ0) is 11.5. The Morgan fingerprint density at radius 3 is 2.87 bits per heavy atom. The van der Waals surface area contributed by atoms with Crippen molar-refractivity contribution in [2.45, 2.75) is 25.3 Å². The van der Waals surface area contributed by atoms with Gasteiger partial charge < -0.3 is 9.69 Å². The van der Waals surface area contributed by atoms with Gasteiger partial charge in [0.15, 0.2) is 0 Å². The van der Waals surface area contributed by atoms with E-state index in [-0.39, 0.29) is 12.5 Å². The molecule has 6 heteroatoms. The number of likely N-dealkylation sites (tertiary alicyclic amines) is 1. The van der Waals surface area contributed by atoms with Crippen molar-refractivity contribution in [3.8, 4) is 0 Å². The summed E-state index contributed by atoms with van der Waals surface area (Å²) in [4.78, 5) is 24.2. The van der Waals surface area contributed by atoms with E-state index in [0.717, 1.165) is 12.7 Å². The molecule has 1 aliphatic heterocycles. The zero-order valence-corrected chi connectivity index (χ0v) is 9.80. The predicted molar refractivity (Wildman–Crippen MR) is 57.5 cm³/mol. The molecule has 0 spiro atoms. The molecule has 15 heavy (non-hydrogen) atoms. The molecule has 0 aromatic carbocycles. The highest BCUT2D eigenvalue weighted by atomic mass is 32.2. The SMILES string of the molecule is CS(=O)NCC(=O)N1CCC[C@@]1(C)C=O. The van der Waals surface area contributed by atoms with E-state index in [1.54, 1.807) is 11.8 Å². The summed E-state index contributed by atoms with van der Waals surface area (Å²) < 4.78 is 13.3. The van der Waals surface area contributed by atoms with Crippen LogP contribution in [0, 0.1) is 0 Å². The lowest BCUT2D eigenvalue weighted by Gasteiger charge is -2.30. The molecule has 0 bridgehead atoms. The summed E-state index contributed by atoms with van der Waals surface area (Å²) in [5.74, 6) is -0.169. The molecule has 5 nitrogen and oxygen atoms in total. The maximum Gasteiger partial charge on any atom is 0.238 e. The van der Waals surface area contributed by atoms with Gasteiger partial charge in [-0.1, -0.05) is 0 Å². The Morgan fingerprint density at radius 2 is 2.33 bits per heavy atom. The first kappa shape index (κ1) is 12.3. The normalized spacial score (nSPS) is 27.7. The van der Waals surface area contributed by atoms with Crippen LogP contribution in [0.2, 0.25) is 0 Å². The van der Waals surface area contributed by atoms with Gasteiger partial charge in [-0.25, -0.2) is 8.93 Å². The van der Waals surface area contributed by atoms with Crippen molar-refractivity contribution in [3.63, 3.8) is 0 Å². The van der Waals surface area contributed by atoms with Crippen LogP contribution in [0.3, 0.4) is 0 Å². The second-order valence-electron chi connectivity index (χ2n) is 3.90. The van der Waals surface area contributed by atoms with Crippen LogP contribution in [0.1, 0.15) is 19.8 Å². The predicted octanol–water partition coefficient (Wildman–Crippen LogP) is -0.551. The van der Waals surface area contributed by atoms with Crippen LogP contribution in [0.4, 0.5) is 0 Å². The average molecular weight is 232 g/mol. The van der Waals surface area contributed by atoms with Crippen molar-refractivity contribution in [1.29, 1.82) is 0 Å². The van der Waals surface area contributed by atoms with Gasteiger partial charge in [-0.3, -0.25) is 4.79 Å². The topological polar surface area (TPSA) is 66.5 Å². The molecule has 1 amide bonds. The van der Waals surface area contributed by atoms with Gasteiger partial charge in [0.2, 0.25) is 5.91 Å². The number of carbonyl (C=O) groups excluding carboxylic acids is 2.